The number of hydrogen-bond donors (Lipinski definition) is 2. The molecule has 4 heteroatoms. The molecule has 2 rings (SSSR count). The number of fused-ring (bicyclic) bond motifs is 1. The van der Waals surface area contributed by atoms with Gasteiger partial charge < -0.3 is 10.4 Å². The van der Waals surface area contributed by atoms with Crippen LogP contribution in [-0.4, -0.2) is 17.0 Å². The zero-order valence-corrected chi connectivity index (χ0v) is 11.8. The molecule has 0 fully saturated rings. The van der Waals surface area contributed by atoms with E-state index in [4.69, 9.17) is 5.11 Å². The highest BCUT2D eigenvalue weighted by molar-refractivity contribution is 6.01. The summed E-state index contributed by atoms with van der Waals surface area (Å²) in [6, 6.07) is 8.06. The Morgan fingerprint density at radius 3 is 2.60 bits per heavy atom. The van der Waals surface area contributed by atoms with E-state index in [1.165, 1.54) is 12.5 Å². The molecule has 4 nitrogen and oxygen atoms in total. The molecule has 0 bridgehead atoms. The van der Waals surface area contributed by atoms with Gasteiger partial charge in [0.1, 0.15) is 0 Å². The van der Waals surface area contributed by atoms with Gasteiger partial charge in [0.05, 0.1) is 6.04 Å². The first-order valence-corrected chi connectivity index (χ1v) is 6.80. The van der Waals surface area contributed by atoms with Gasteiger partial charge in [0.15, 0.2) is 0 Å². The molecule has 0 radical (unpaired) electrons. The zero-order chi connectivity index (χ0) is 14.7. The van der Waals surface area contributed by atoms with E-state index in [1.54, 1.807) is 6.92 Å². The lowest BCUT2D eigenvalue weighted by atomic mass is 9.87. The highest BCUT2D eigenvalue weighted by atomic mass is 16.4. The molecule has 0 saturated heterocycles. The first-order valence-electron chi connectivity index (χ1n) is 6.80. The van der Waals surface area contributed by atoms with Crippen molar-refractivity contribution in [3.05, 3.63) is 46.5 Å². The second-order valence-electron chi connectivity index (χ2n) is 5.17. The minimum atomic E-state index is -1.05. The van der Waals surface area contributed by atoms with Crippen molar-refractivity contribution in [2.75, 3.05) is 0 Å². The van der Waals surface area contributed by atoms with Gasteiger partial charge in [-0.3, -0.25) is 4.79 Å². The number of carbonyl (C=O) groups excluding carboxylic acids is 1. The number of hydrogen-bond acceptors (Lipinski definition) is 2. The van der Waals surface area contributed by atoms with Crippen molar-refractivity contribution in [3.8, 4) is 0 Å². The Morgan fingerprint density at radius 2 is 1.90 bits per heavy atom. The molecule has 1 aromatic carbocycles. The molecule has 0 aromatic heterocycles. The summed E-state index contributed by atoms with van der Waals surface area (Å²) < 4.78 is 0. The molecule has 0 saturated carbocycles. The molecule has 1 aliphatic rings. The third kappa shape index (κ3) is 2.90. The minimum absolute atomic E-state index is 0.0241. The summed E-state index contributed by atoms with van der Waals surface area (Å²) in [6.45, 7) is 3.00. The predicted molar refractivity (Wildman–Crippen MR) is 76.3 cm³/mol. The van der Waals surface area contributed by atoms with Crippen molar-refractivity contribution >= 4 is 11.9 Å². The largest absolute Gasteiger partial charge is 0.478 e. The Labute approximate surface area is 118 Å². The lowest BCUT2D eigenvalue weighted by Gasteiger charge is -2.26. The van der Waals surface area contributed by atoms with Gasteiger partial charge >= 0.3 is 5.97 Å². The number of nitrogens with one attached hydrogen (secondary N) is 1. The highest BCUT2D eigenvalue weighted by Crippen LogP contribution is 2.29. The van der Waals surface area contributed by atoms with Crippen molar-refractivity contribution in [1.29, 1.82) is 0 Å². The molecule has 1 aliphatic carbocycles. The van der Waals surface area contributed by atoms with Gasteiger partial charge in [-0.1, -0.05) is 24.3 Å². The van der Waals surface area contributed by atoms with Gasteiger partial charge in [0, 0.05) is 11.1 Å². The number of aryl methyl sites for hydroxylation is 1. The summed E-state index contributed by atoms with van der Waals surface area (Å²) in [4.78, 5) is 23.0. The molecule has 1 amide bonds. The number of rotatable bonds is 3. The number of aliphatic carboxylic acids is 1. The van der Waals surface area contributed by atoms with E-state index in [1.807, 2.05) is 18.2 Å². The molecule has 2 N–H and O–H groups in total. The average Bonchev–Trinajstić information content (AvgIpc) is 2.46. The maximum absolute atomic E-state index is 12.1. The first-order chi connectivity index (χ1) is 9.50. The molecular formula is C16H19NO3. The van der Waals surface area contributed by atoms with Crippen molar-refractivity contribution in [2.45, 2.75) is 39.2 Å². The van der Waals surface area contributed by atoms with E-state index in [-0.39, 0.29) is 23.1 Å². The van der Waals surface area contributed by atoms with Crippen molar-refractivity contribution in [2.24, 2.45) is 0 Å². The van der Waals surface area contributed by atoms with Crippen molar-refractivity contribution in [1.82, 2.24) is 5.32 Å². The number of carbonyl (C=O) groups is 2. The van der Waals surface area contributed by atoms with Crippen LogP contribution >= 0.6 is 0 Å². The van der Waals surface area contributed by atoms with E-state index in [0.717, 1.165) is 24.8 Å². The second-order valence-corrected chi connectivity index (χ2v) is 5.17. The SMILES string of the molecule is CC(C(=O)O)=C(C)C(=O)NC1CCCc2ccccc21. The van der Waals surface area contributed by atoms with Crippen LogP contribution in [0.5, 0.6) is 0 Å². The van der Waals surface area contributed by atoms with E-state index < -0.39 is 5.97 Å². The number of benzene rings is 1. The summed E-state index contributed by atoms with van der Waals surface area (Å²) in [5, 5.41) is 11.9. The number of amides is 1. The molecular weight excluding hydrogens is 254 g/mol. The molecule has 0 spiro atoms. The summed E-state index contributed by atoms with van der Waals surface area (Å²) >= 11 is 0. The maximum atomic E-state index is 12.1. The third-order valence-corrected chi connectivity index (χ3v) is 3.90. The van der Waals surface area contributed by atoms with Crippen molar-refractivity contribution in [3.63, 3.8) is 0 Å². The molecule has 0 aliphatic heterocycles. The smallest absolute Gasteiger partial charge is 0.331 e. The van der Waals surface area contributed by atoms with Gasteiger partial charge in [-0.25, -0.2) is 4.79 Å². The van der Waals surface area contributed by atoms with Crippen LogP contribution in [0.25, 0.3) is 0 Å². The first kappa shape index (κ1) is 14.3. The van der Waals surface area contributed by atoms with Crippen LogP contribution in [0.3, 0.4) is 0 Å². The van der Waals surface area contributed by atoms with Crippen LogP contribution in [-0.2, 0) is 16.0 Å². The molecule has 20 heavy (non-hydrogen) atoms. The summed E-state index contributed by atoms with van der Waals surface area (Å²) in [6.07, 6.45) is 2.95. The van der Waals surface area contributed by atoms with Gasteiger partial charge in [-0.2, -0.15) is 0 Å². The van der Waals surface area contributed by atoms with Crippen LogP contribution < -0.4 is 5.32 Å². The number of carboxylic acid groups (broad SMARTS) is 1. The lowest BCUT2D eigenvalue weighted by molar-refractivity contribution is -0.133. The van der Waals surface area contributed by atoms with Gasteiger partial charge in [-0.15, -0.1) is 0 Å². The van der Waals surface area contributed by atoms with E-state index in [0.29, 0.717) is 0 Å². The highest BCUT2D eigenvalue weighted by Gasteiger charge is 2.22. The Kier molecular flexibility index (Phi) is 4.23. The third-order valence-electron chi connectivity index (χ3n) is 3.90. The molecule has 1 atom stereocenters. The van der Waals surface area contributed by atoms with E-state index in [9.17, 15) is 9.59 Å². The quantitative estimate of drug-likeness (QED) is 0.832. The van der Waals surface area contributed by atoms with Crippen LogP contribution in [0.4, 0.5) is 0 Å². The van der Waals surface area contributed by atoms with E-state index >= 15 is 0 Å². The fourth-order valence-electron chi connectivity index (χ4n) is 2.50. The summed E-state index contributed by atoms with van der Waals surface area (Å²) in [5.41, 5.74) is 2.76. The summed E-state index contributed by atoms with van der Waals surface area (Å²) in [5.74, 6) is -1.35. The fourth-order valence-corrected chi connectivity index (χ4v) is 2.50. The van der Waals surface area contributed by atoms with Gasteiger partial charge in [0.25, 0.3) is 0 Å². The number of carboxylic acids is 1. The topological polar surface area (TPSA) is 66.4 Å². The second kappa shape index (κ2) is 5.90. The standard InChI is InChI=1S/C16H19NO3/c1-10(11(2)16(19)20)15(18)17-14-9-5-7-12-6-3-4-8-13(12)14/h3-4,6,8,14H,5,7,9H2,1-2H3,(H,17,18)(H,19,20). The predicted octanol–water partition coefficient (Wildman–Crippen LogP) is 2.60. The van der Waals surface area contributed by atoms with Crippen LogP contribution in [0.2, 0.25) is 0 Å². The lowest BCUT2D eigenvalue weighted by Crippen LogP contribution is -2.32. The Morgan fingerprint density at radius 1 is 1.20 bits per heavy atom. The molecule has 106 valence electrons. The van der Waals surface area contributed by atoms with Crippen molar-refractivity contribution < 1.29 is 14.7 Å². The average molecular weight is 273 g/mol. The zero-order valence-electron chi connectivity index (χ0n) is 11.8. The van der Waals surface area contributed by atoms with Gasteiger partial charge in [-0.05, 0) is 44.2 Å². The Balaban J connectivity index is 2.18. The normalized spacial score (nSPS) is 18.8. The minimum Gasteiger partial charge on any atom is -0.478 e. The molecule has 1 unspecified atom stereocenters. The monoisotopic (exact) mass is 273 g/mol. The fraction of sp³-hybridized carbons (Fsp3) is 0.375. The van der Waals surface area contributed by atoms with Gasteiger partial charge in [0.2, 0.25) is 5.91 Å². The van der Waals surface area contributed by atoms with Crippen LogP contribution in [0.15, 0.2) is 35.4 Å². The van der Waals surface area contributed by atoms with Crippen LogP contribution in [0, 0.1) is 0 Å². The van der Waals surface area contributed by atoms with Crippen LogP contribution in [0.1, 0.15) is 43.9 Å². The maximum Gasteiger partial charge on any atom is 0.331 e. The summed E-state index contributed by atoms with van der Waals surface area (Å²) in [7, 11) is 0. The van der Waals surface area contributed by atoms with E-state index in [2.05, 4.69) is 11.4 Å². The Bertz CT molecular complexity index is 575. The molecule has 0 heterocycles. The Hall–Kier alpha value is -2.10. The molecule has 1 aromatic rings.